The molecule has 0 radical (unpaired) electrons. The third kappa shape index (κ3) is 5.34. The number of nitrogens with zero attached hydrogens (tertiary/aromatic N) is 3. The van der Waals surface area contributed by atoms with Crippen LogP contribution in [0.5, 0.6) is 0 Å². The lowest BCUT2D eigenvalue weighted by atomic mass is 9.96. The van der Waals surface area contributed by atoms with Gasteiger partial charge in [-0.25, -0.2) is 0 Å². The molecule has 164 valence electrons. The lowest BCUT2D eigenvalue weighted by molar-refractivity contribution is -0.123. The molecule has 4 rings (SSSR count). The molecule has 32 heavy (non-hydrogen) atoms. The molecule has 1 aliphatic rings. The monoisotopic (exact) mass is 446 g/mol. The van der Waals surface area contributed by atoms with E-state index in [-0.39, 0.29) is 17.7 Å². The minimum atomic E-state index is -0.270. The molecule has 1 saturated heterocycles. The number of benzene rings is 2. The van der Waals surface area contributed by atoms with E-state index in [0.29, 0.717) is 31.5 Å². The van der Waals surface area contributed by atoms with Crippen LogP contribution in [0.1, 0.15) is 34.3 Å². The van der Waals surface area contributed by atoms with Gasteiger partial charge in [0.25, 0.3) is 5.91 Å². The summed E-state index contributed by atoms with van der Waals surface area (Å²) in [5.41, 5.74) is 10.3. The van der Waals surface area contributed by atoms with Gasteiger partial charge in [0, 0.05) is 35.9 Å². The summed E-state index contributed by atoms with van der Waals surface area (Å²) in [7, 11) is 0. The average molecular weight is 447 g/mol. The zero-order chi connectivity index (χ0) is 22.5. The number of carbonyl (C=O) groups is 2. The summed E-state index contributed by atoms with van der Waals surface area (Å²) in [6.45, 7) is 3.20. The Morgan fingerprint density at radius 2 is 1.66 bits per heavy atom. The molecule has 1 aliphatic heterocycles. The first-order chi connectivity index (χ1) is 15.5. The van der Waals surface area contributed by atoms with E-state index >= 15 is 0 Å². The lowest BCUT2D eigenvalue weighted by Crippen LogP contribution is -2.41. The highest BCUT2D eigenvalue weighted by atomic mass is 32.2. The van der Waals surface area contributed by atoms with Gasteiger partial charge >= 0.3 is 0 Å². The summed E-state index contributed by atoms with van der Waals surface area (Å²) in [6.07, 6.45) is 1.28. The highest BCUT2D eigenvalue weighted by molar-refractivity contribution is 7.98. The maximum Gasteiger partial charge on any atom is 0.253 e. The van der Waals surface area contributed by atoms with E-state index in [0.717, 1.165) is 27.6 Å². The van der Waals surface area contributed by atoms with Gasteiger partial charge in [-0.2, -0.15) is 0 Å². The minimum Gasteiger partial charge on any atom is -0.369 e. The Hall–Kier alpha value is -3.19. The predicted octanol–water partition coefficient (Wildman–Crippen LogP) is 4.08. The van der Waals surface area contributed by atoms with Crippen LogP contribution in [0.2, 0.25) is 0 Å². The number of carbonyl (C=O) groups excluding carboxylic acids is 2. The van der Waals surface area contributed by atoms with Gasteiger partial charge < -0.3 is 10.6 Å². The maximum atomic E-state index is 12.7. The first-order valence-electron chi connectivity index (χ1n) is 10.7. The molecular formula is C25H26N4O2S. The highest BCUT2D eigenvalue weighted by Crippen LogP contribution is 2.24. The third-order valence-corrected chi connectivity index (χ3v) is 6.75. The molecule has 2 aromatic carbocycles. The summed E-state index contributed by atoms with van der Waals surface area (Å²) in [6, 6.07) is 19.9. The van der Waals surface area contributed by atoms with Gasteiger partial charge in [0.1, 0.15) is 5.03 Å². The fraction of sp³-hybridized carbons (Fsp3) is 0.280. The van der Waals surface area contributed by atoms with E-state index in [1.165, 1.54) is 5.56 Å². The van der Waals surface area contributed by atoms with Crippen LogP contribution in [0.3, 0.4) is 0 Å². The molecule has 2 heterocycles. The van der Waals surface area contributed by atoms with Crippen LogP contribution in [0.4, 0.5) is 0 Å². The second kappa shape index (κ2) is 9.96. The zero-order valence-electron chi connectivity index (χ0n) is 18.0. The van der Waals surface area contributed by atoms with E-state index in [9.17, 15) is 9.59 Å². The van der Waals surface area contributed by atoms with Crippen LogP contribution in [0.15, 0.2) is 65.7 Å². The number of aryl methyl sites for hydroxylation is 1. The smallest absolute Gasteiger partial charge is 0.253 e. The van der Waals surface area contributed by atoms with E-state index in [1.807, 2.05) is 36.4 Å². The van der Waals surface area contributed by atoms with Gasteiger partial charge in [0.2, 0.25) is 5.91 Å². The van der Waals surface area contributed by atoms with Gasteiger partial charge in [-0.1, -0.05) is 53.7 Å². The number of thioether (sulfide) groups is 1. The standard InChI is InChI=1S/C25H26N4O2S/c1-17-2-6-19(7-3-17)22-10-11-23(28-27-22)32-16-18-4-8-21(9-5-18)25(31)29-14-12-20(13-15-29)24(26)30/h2-11,20H,12-16H2,1H3,(H2,26,30). The van der Waals surface area contributed by atoms with Crippen molar-refractivity contribution in [3.05, 3.63) is 77.4 Å². The van der Waals surface area contributed by atoms with Crippen LogP contribution in [0.25, 0.3) is 11.3 Å². The fourth-order valence-corrected chi connectivity index (χ4v) is 4.50. The second-order valence-corrected chi connectivity index (χ2v) is 9.07. The number of aromatic nitrogens is 2. The van der Waals surface area contributed by atoms with Crippen LogP contribution < -0.4 is 5.73 Å². The SMILES string of the molecule is Cc1ccc(-c2ccc(SCc3ccc(C(=O)N4CCC(C(N)=O)CC4)cc3)nn2)cc1. The largest absolute Gasteiger partial charge is 0.369 e. The molecule has 1 aromatic heterocycles. The Morgan fingerprint density at radius 3 is 2.25 bits per heavy atom. The van der Waals surface area contributed by atoms with E-state index in [2.05, 4.69) is 41.4 Å². The Labute approximate surface area is 192 Å². The molecule has 0 unspecified atom stereocenters. The number of rotatable bonds is 6. The molecule has 0 aliphatic carbocycles. The lowest BCUT2D eigenvalue weighted by Gasteiger charge is -2.30. The summed E-state index contributed by atoms with van der Waals surface area (Å²) in [5.74, 6) is 0.363. The summed E-state index contributed by atoms with van der Waals surface area (Å²) in [4.78, 5) is 25.8. The van der Waals surface area contributed by atoms with Gasteiger partial charge in [0.15, 0.2) is 0 Å². The van der Waals surface area contributed by atoms with Gasteiger partial charge in [-0.05, 0) is 49.6 Å². The van der Waals surface area contributed by atoms with Crippen LogP contribution in [0, 0.1) is 12.8 Å². The molecule has 6 nitrogen and oxygen atoms in total. The molecule has 0 bridgehead atoms. The maximum absolute atomic E-state index is 12.7. The fourth-order valence-electron chi connectivity index (χ4n) is 3.73. The summed E-state index contributed by atoms with van der Waals surface area (Å²) < 4.78 is 0. The second-order valence-electron chi connectivity index (χ2n) is 8.08. The number of primary amides is 1. The summed E-state index contributed by atoms with van der Waals surface area (Å²) >= 11 is 1.61. The Bertz CT molecular complexity index is 1070. The van der Waals surface area contributed by atoms with Crippen molar-refractivity contribution < 1.29 is 9.59 Å². The Kier molecular flexibility index (Phi) is 6.85. The van der Waals surface area contributed by atoms with Gasteiger partial charge in [0.05, 0.1) is 5.69 Å². The molecule has 0 saturated carbocycles. The average Bonchev–Trinajstić information content (AvgIpc) is 2.83. The van der Waals surface area contributed by atoms with Crippen LogP contribution >= 0.6 is 11.8 Å². The molecule has 7 heteroatoms. The highest BCUT2D eigenvalue weighted by Gasteiger charge is 2.26. The molecular weight excluding hydrogens is 420 g/mol. The number of nitrogens with two attached hydrogens (primary N) is 1. The van der Waals surface area contributed by atoms with Crippen molar-refractivity contribution in [2.24, 2.45) is 11.7 Å². The number of likely N-dealkylation sites (tertiary alicyclic amines) is 1. The van der Waals surface area contributed by atoms with Crippen molar-refractivity contribution in [2.45, 2.75) is 30.5 Å². The normalized spacial score (nSPS) is 14.3. The van der Waals surface area contributed by atoms with Crippen molar-refractivity contribution in [1.82, 2.24) is 15.1 Å². The molecule has 0 atom stereocenters. The summed E-state index contributed by atoms with van der Waals surface area (Å²) in [5, 5.41) is 9.54. The van der Waals surface area contributed by atoms with Crippen molar-refractivity contribution in [1.29, 1.82) is 0 Å². The number of hydrogen-bond donors (Lipinski definition) is 1. The topological polar surface area (TPSA) is 89.2 Å². The van der Waals surface area contributed by atoms with Crippen molar-refractivity contribution in [3.8, 4) is 11.3 Å². The van der Waals surface area contributed by atoms with Gasteiger partial charge in [-0.3, -0.25) is 9.59 Å². The molecule has 1 fully saturated rings. The minimum absolute atomic E-state index is 0.00434. The first kappa shape index (κ1) is 22.0. The molecule has 3 aromatic rings. The molecule has 2 amide bonds. The number of hydrogen-bond acceptors (Lipinski definition) is 5. The van der Waals surface area contributed by atoms with Crippen LogP contribution in [-0.4, -0.2) is 40.0 Å². The number of piperidine rings is 1. The molecule has 2 N–H and O–H groups in total. The molecule has 0 spiro atoms. The Morgan fingerprint density at radius 1 is 0.969 bits per heavy atom. The van der Waals surface area contributed by atoms with Crippen molar-refractivity contribution in [2.75, 3.05) is 13.1 Å². The van der Waals surface area contributed by atoms with Gasteiger partial charge in [-0.15, -0.1) is 10.2 Å². The quantitative estimate of drug-likeness (QED) is 0.576. The van der Waals surface area contributed by atoms with E-state index in [1.54, 1.807) is 16.7 Å². The van der Waals surface area contributed by atoms with E-state index in [4.69, 9.17) is 5.73 Å². The Balaban J connectivity index is 1.30. The van der Waals surface area contributed by atoms with Crippen molar-refractivity contribution >= 4 is 23.6 Å². The first-order valence-corrected chi connectivity index (χ1v) is 11.7. The number of amides is 2. The third-order valence-electron chi connectivity index (χ3n) is 5.76. The van der Waals surface area contributed by atoms with Crippen LogP contribution in [-0.2, 0) is 10.5 Å². The zero-order valence-corrected chi connectivity index (χ0v) is 18.8. The predicted molar refractivity (Wildman–Crippen MR) is 126 cm³/mol. The van der Waals surface area contributed by atoms with Crippen molar-refractivity contribution in [3.63, 3.8) is 0 Å². The van der Waals surface area contributed by atoms with E-state index < -0.39 is 0 Å².